The summed E-state index contributed by atoms with van der Waals surface area (Å²) in [5, 5.41) is 7.84. The molecule has 7 heteroatoms. The molecule has 26 heavy (non-hydrogen) atoms. The Morgan fingerprint density at radius 1 is 1.23 bits per heavy atom. The Balaban J connectivity index is 1.77. The predicted octanol–water partition coefficient (Wildman–Crippen LogP) is 5.10. The van der Waals surface area contributed by atoms with Gasteiger partial charge in [-0.1, -0.05) is 24.3 Å². The lowest BCUT2D eigenvalue weighted by Crippen LogP contribution is -2.06. The van der Waals surface area contributed by atoms with E-state index in [0.717, 1.165) is 32.8 Å². The maximum Gasteiger partial charge on any atom is 0.283 e. The van der Waals surface area contributed by atoms with Gasteiger partial charge in [-0.15, -0.1) is 0 Å². The summed E-state index contributed by atoms with van der Waals surface area (Å²) in [5.74, 6) is 4.55. The molecule has 3 heterocycles. The molecule has 0 bridgehead atoms. The molecule has 0 aliphatic rings. The minimum Gasteiger partial charge on any atom is -0.366 e. The van der Waals surface area contributed by atoms with Crippen LogP contribution in [-0.4, -0.2) is 19.5 Å². The Hall–Kier alpha value is -2.27. The summed E-state index contributed by atoms with van der Waals surface area (Å²) in [6.07, 6.45) is 1.75. The van der Waals surface area contributed by atoms with E-state index >= 15 is 0 Å². The van der Waals surface area contributed by atoms with E-state index in [1.807, 2.05) is 41.9 Å². The molecular formula is C19H17BrN4OP+. The first kappa shape index (κ1) is 17.2. The van der Waals surface area contributed by atoms with Crippen molar-refractivity contribution in [1.29, 1.82) is 0 Å². The SMILES string of the molecule is Cc1ccccc1-c1cc(NCc2ccc[p+](O)c2)n2ncc(Br)c2n1. The summed E-state index contributed by atoms with van der Waals surface area (Å²) >= 11 is 3.53. The molecule has 1 atom stereocenters. The van der Waals surface area contributed by atoms with Gasteiger partial charge in [-0.25, -0.2) is 4.98 Å². The van der Waals surface area contributed by atoms with E-state index in [1.165, 1.54) is 5.56 Å². The highest BCUT2D eigenvalue weighted by Gasteiger charge is 2.13. The minimum absolute atomic E-state index is 0.605. The van der Waals surface area contributed by atoms with E-state index in [9.17, 15) is 4.89 Å². The van der Waals surface area contributed by atoms with Gasteiger partial charge in [-0.3, -0.25) is 0 Å². The van der Waals surface area contributed by atoms with Crippen molar-refractivity contribution in [2.45, 2.75) is 13.5 Å². The van der Waals surface area contributed by atoms with Crippen LogP contribution in [0.1, 0.15) is 11.1 Å². The molecule has 0 fully saturated rings. The van der Waals surface area contributed by atoms with Gasteiger partial charge >= 0.3 is 0 Å². The van der Waals surface area contributed by atoms with Gasteiger partial charge in [-0.05, 0) is 40.5 Å². The average molecular weight is 428 g/mol. The second-order valence-electron chi connectivity index (χ2n) is 6.02. The molecule has 3 aromatic heterocycles. The number of fused-ring (bicyclic) bond motifs is 1. The Kier molecular flexibility index (Phi) is 4.72. The molecule has 0 aliphatic heterocycles. The topological polar surface area (TPSA) is 62.5 Å². The van der Waals surface area contributed by atoms with Crippen LogP contribution in [0.15, 0.2) is 64.7 Å². The molecule has 4 rings (SSSR count). The quantitative estimate of drug-likeness (QED) is 0.475. The Bertz CT molecular complexity index is 1100. The van der Waals surface area contributed by atoms with Crippen molar-refractivity contribution in [1.82, 2.24) is 14.6 Å². The fourth-order valence-corrected chi connectivity index (χ4v) is 4.08. The van der Waals surface area contributed by atoms with Gasteiger partial charge in [0.1, 0.15) is 17.4 Å². The first-order valence-corrected chi connectivity index (χ1v) is 10.4. The number of hydrogen-bond acceptors (Lipinski definition) is 4. The monoisotopic (exact) mass is 427 g/mol. The smallest absolute Gasteiger partial charge is 0.283 e. The number of nitrogens with one attached hydrogen (secondary N) is 1. The van der Waals surface area contributed by atoms with Crippen molar-refractivity contribution in [3.05, 3.63) is 75.9 Å². The first-order valence-electron chi connectivity index (χ1n) is 8.15. The van der Waals surface area contributed by atoms with Crippen molar-refractivity contribution < 1.29 is 4.89 Å². The molecule has 1 aromatic carbocycles. The molecule has 0 radical (unpaired) electrons. The van der Waals surface area contributed by atoms with Crippen LogP contribution in [0.25, 0.3) is 16.9 Å². The zero-order chi connectivity index (χ0) is 18.1. The second kappa shape index (κ2) is 7.16. The molecular weight excluding hydrogens is 411 g/mol. The molecule has 0 aliphatic carbocycles. The van der Waals surface area contributed by atoms with E-state index in [2.05, 4.69) is 45.4 Å². The van der Waals surface area contributed by atoms with E-state index in [4.69, 9.17) is 4.98 Å². The normalized spacial score (nSPS) is 11.7. The Morgan fingerprint density at radius 2 is 2.08 bits per heavy atom. The van der Waals surface area contributed by atoms with Crippen LogP contribution < -0.4 is 5.32 Å². The van der Waals surface area contributed by atoms with Gasteiger partial charge in [-0.2, -0.15) is 14.5 Å². The summed E-state index contributed by atoms with van der Waals surface area (Å²) in [6.45, 7) is 2.69. The van der Waals surface area contributed by atoms with Crippen LogP contribution in [0.3, 0.4) is 0 Å². The highest BCUT2D eigenvalue weighted by atomic mass is 79.9. The van der Waals surface area contributed by atoms with E-state index in [0.29, 0.717) is 6.54 Å². The minimum atomic E-state index is -1.14. The van der Waals surface area contributed by atoms with Crippen molar-refractivity contribution in [3.8, 4) is 11.3 Å². The lowest BCUT2D eigenvalue weighted by atomic mass is 10.1. The third kappa shape index (κ3) is 3.36. The number of halogens is 1. The third-order valence-electron chi connectivity index (χ3n) is 4.17. The van der Waals surface area contributed by atoms with E-state index < -0.39 is 7.76 Å². The van der Waals surface area contributed by atoms with Crippen molar-refractivity contribution in [2.75, 3.05) is 5.32 Å². The van der Waals surface area contributed by atoms with Crippen molar-refractivity contribution in [2.24, 2.45) is 0 Å². The highest BCUT2D eigenvalue weighted by molar-refractivity contribution is 9.10. The summed E-state index contributed by atoms with van der Waals surface area (Å²) < 4.78 is 2.63. The summed E-state index contributed by atoms with van der Waals surface area (Å²) in [4.78, 5) is 14.6. The van der Waals surface area contributed by atoms with Gasteiger partial charge in [0.2, 0.25) is 0 Å². The molecule has 0 spiro atoms. The van der Waals surface area contributed by atoms with Crippen LogP contribution in [-0.2, 0) is 6.54 Å². The standard InChI is InChI=1S/C19H17BrN4OP/c1-13-5-2-3-7-15(13)17-9-18(24-19(23-17)16(20)11-22-24)21-10-14-6-4-8-26(25)12-14/h2-9,11-12,21,25H,10H2,1H3/q+1. The maximum atomic E-state index is 9.80. The van der Waals surface area contributed by atoms with Crippen LogP contribution >= 0.6 is 23.7 Å². The van der Waals surface area contributed by atoms with Gasteiger partial charge in [0, 0.05) is 23.7 Å². The van der Waals surface area contributed by atoms with Crippen LogP contribution in [0.5, 0.6) is 0 Å². The lowest BCUT2D eigenvalue weighted by molar-refractivity contribution is 0.649. The van der Waals surface area contributed by atoms with Crippen LogP contribution in [0.2, 0.25) is 0 Å². The Morgan fingerprint density at radius 3 is 2.88 bits per heavy atom. The molecule has 0 amide bonds. The maximum absolute atomic E-state index is 9.80. The van der Waals surface area contributed by atoms with Crippen LogP contribution in [0, 0.1) is 6.92 Å². The lowest BCUT2D eigenvalue weighted by Gasteiger charge is -2.11. The fourth-order valence-electron chi connectivity index (χ4n) is 2.87. The van der Waals surface area contributed by atoms with Crippen molar-refractivity contribution in [3.63, 3.8) is 0 Å². The number of nitrogens with zero attached hydrogens (tertiary/aromatic N) is 3. The molecule has 0 saturated heterocycles. The zero-order valence-corrected chi connectivity index (χ0v) is 16.6. The molecule has 2 N–H and O–H groups in total. The number of aryl methyl sites for hydroxylation is 1. The third-order valence-corrected chi connectivity index (χ3v) is 5.80. The molecule has 0 saturated carbocycles. The molecule has 4 aromatic rings. The first-order chi connectivity index (χ1) is 12.6. The van der Waals surface area contributed by atoms with Gasteiger partial charge < -0.3 is 5.32 Å². The van der Waals surface area contributed by atoms with Gasteiger partial charge in [0.05, 0.1) is 16.4 Å². The summed E-state index contributed by atoms with van der Waals surface area (Å²) in [5.41, 5.74) is 4.97. The van der Waals surface area contributed by atoms with Gasteiger partial charge in [0.25, 0.3) is 7.76 Å². The molecule has 130 valence electrons. The summed E-state index contributed by atoms with van der Waals surface area (Å²) in [6, 6.07) is 14.1. The largest absolute Gasteiger partial charge is 0.366 e. The number of hydrogen-bond donors (Lipinski definition) is 2. The zero-order valence-electron chi connectivity index (χ0n) is 14.1. The fraction of sp³-hybridized carbons (Fsp3) is 0.105. The van der Waals surface area contributed by atoms with Crippen LogP contribution in [0.4, 0.5) is 5.82 Å². The van der Waals surface area contributed by atoms with E-state index in [1.54, 1.807) is 10.7 Å². The molecule has 5 nitrogen and oxygen atoms in total. The van der Waals surface area contributed by atoms with Gasteiger partial charge in [0.15, 0.2) is 5.65 Å². The average Bonchev–Trinajstić information content (AvgIpc) is 3.01. The number of aromatic nitrogens is 3. The highest BCUT2D eigenvalue weighted by Crippen LogP contribution is 2.28. The number of anilines is 1. The predicted molar refractivity (Wildman–Crippen MR) is 109 cm³/mol. The molecule has 1 unspecified atom stereocenters. The Labute approximate surface area is 160 Å². The number of benzene rings is 1. The van der Waals surface area contributed by atoms with Crippen molar-refractivity contribution >= 4 is 35.2 Å². The summed E-state index contributed by atoms with van der Waals surface area (Å²) in [7, 11) is -1.14. The van der Waals surface area contributed by atoms with E-state index in [-0.39, 0.29) is 0 Å². The second-order valence-corrected chi connectivity index (χ2v) is 8.19. The number of rotatable bonds is 4.